The summed E-state index contributed by atoms with van der Waals surface area (Å²) in [4.78, 5) is 37.2. The van der Waals surface area contributed by atoms with Crippen molar-refractivity contribution in [2.45, 2.75) is 20.1 Å². The second-order valence-electron chi connectivity index (χ2n) is 8.00. The van der Waals surface area contributed by atoms with Crippen LogP contribution >= 0.6 is 27.7 Å². The number of nitrogens with zero attached hydrogens (tertiary/aromatic N) is 2. The van der Waals surface area contributed by atoms with Crippen molar-refractivity contribution in [1.82, 2.24) is 4.90 Å². The van der Waals surface area contributed by atoms with Crippen molar-refractivity contribution in [3.63, 3.8) is 0 Å². The van der Waals surface area contributed by atoms with Crippen LogP contribution in [0.25, 0.3) is 6.08 Å². The van der Waals surface area contributed by atoms with Crippen molar-refractivity contribution in [2.75, 3.05) is 7.11 Å². The van der Waals surface area contributed by atoms with E-state index in [2.05, 4.69) is 15.9 Å². The SMILES string of the molecule is COc1cc(/C=C2\SC(=O)N(Cc3ccc([N+](=O)[O-])cc3)C2=O)cc(Br)c1OCc1ccc(C)cc1. The maximum atomic E-state index is 12.9. The van der Waals surface area contributed by atoms with Gasteiger partial charge in [-0.15, -0.1) is 0 Å². The van der Waals surface area contributed by atoms with Gasteiger partial charge in [0, 0.05) is 12.1 Å². The number of non-ortho nitro benzene ring substituents is 1. The molecule has 1 saturated heterocycles. The highest BCUT2D eigenvalue weighted by molar-refractivity contribution is 9.10. The summed E-state index contributed by atoms with van der Waals surface area (Å²) in [7, 11) is 1.53. The van der Waals surface area contributed by atoms with Crippen LogP contribution in [0.5, 0.6) is 11.5 Å². The summed E-state index contributed by atoms with van der Waals surface area (Å²) in [5.74, 6) is 0.576. The maximum Gasteiger partial charge on any atom is 0.293 e. The van der Waals surface area contributed by atoms with Crippen molar-refractivity contribution in [1.29, 1.82) is 0 Å². The topological polar surface area (TPSA) is 99.0 Å². The second kappa shape index (κ2) is 11.0. The molecule has 184 valence electrons. The number of imide groups is 1. The van der Waals surface area contributed by atoms with Gasteiger partial charge in [0.05, 0.1) is 28.0 Å². The zero-order valence-corrected chi connectivity index (χ0v) is 21.8. The Kier molecular flexibility index (Phi) is 7.76. The van der Waals surface area contributed by atoms with E-state index in [0.717, 1.165) is 22.2 Å². The molecule has 0 radical (unpaired) electrons. The van der Waals surface area contributed by atoms with Gasteiger partial charge in [-0.2, -0.15) is 0 Å². The van der Waals surface area contributed by atoms with Crippen LogP contribution in [0.1, 0.15) is 22.3 Å². The third-order valence-electron chi connectivity index (χ3n) is 5.41. The molecule has 2 amide bonds. The average molecular weight is 569 g/mol. The lowest BCUT2D eigenvalue weighted by atomic mass is 10.1. The second-order valence-corrected chi connectivity index (χ2v) is 9.85. The average Bonchev–Trinajstić information content (AvgIpc) is 3.11. The molecule has 1 fully saturated rings. The van der Waals surface area contributed by atoms with Crippen LogP contribution in [0.4, 0.5) is 10.5 Å². The fourth-order valence-corrected chi connectivity index (χ4v) is 4.91. The first kappa shape index (κ1) is 25.5. The number of methoxy groups -OCH3 is 1. The number of nitro groups is 1. The molecule has 0 aromatic heterocycles. The number of carbonyl (C=O) groups is 2. The lowest BCUT2D eigenvalue weighted by molar-refractivity contribution is -0.384. The highest BCUT2D eigenvalue weighted by Crippen LogP contribution is 2.39. The molecule has 0 bridgehead atoms. The summed E-state index contributed by atoms with van der Waals surface area (Å²) in [5.41, 5.74) is 3.39. The first-order valence-electron chi connectivity index (χ1n) is 10.8. The maximum absolute atomic E-state index is 12.9. The van der Waals surface area contributed by atoms with Crippen molar-refractivity contribution in [2.24, 2.45) is 0 Å². The van der Waals surface area contributed by atoms with Crippen LogP contribution in [0.3, 0.4) is 0 Å². The van der Waals surface area contributed by atoms with E-state index in [1.54, 1.807) is 18.2 Å². The minimum absolute atomic E-state index is 0.0266. The number of carbonyl (C=O) groups excluding carboxylic acids is 2. The number of nitro benzene ring substituents is 1. The summed E-state index contributed by atoms with van der Waals surface area (Å²) in [6.45, 7) is 2.41. The van der Waals surface area contributed by atoms with E-state index in [1.165, 1.54) is 36.9 Å². The van der Waals surface area contributed by atoms with Gasteiger partial charge in [0.1, 0.15) is 6.61 Å². The van der Waals surface area contributed by atoms with E-state index in [4.69, 9.17) is 9.47 Å². The third-order valence-corrected chi connectivity index (χ3v) is 6.91. The Morgan fingerprint density at radius 2 is 1.72 bits per heavy atom. The van der Waals surface area contributed by atoms with E-state index < -0.39 is 16.1 Å². The zero-order valence-electron chi connectivity index (χ0n) is 19.4. The molecular formula is C26H21BrN2O6S. The molecule has 10 heteroatoms. The molecule has 1 aliphatic rings. The minimum Gasteiger partial charge on any atom is -0.493 e. The Labute approximate surface area is 220 Å². The summed E-state index contributed by atoms with van der Waals surface area (Å²) < 4.78 is 12.1. The standard InChI is InChI=1S/C26H21BrN2O6S/c1-16-3-5-18(6-4-16)15-35-24-21(27)11-19(12-22(24)34-2)13-23-25(30)28(26(31)36-23)14-17-7-9-20(10-8-17)29(32)33/h3-13H,14-15H2,1-2H3/b23-13-. The summed E-state index contributed by atoms with van der Waals surface area (Å²) in [5, 5.41) is 10.4. The van der Waals surface area contributed by atoms with E-state index in [-0.39, 0.29) is 17.1 Å². The lowest BCUT2D eigenvalue weighted by Gasteiger charge is -2.14. The van der Waals surface area contributed by atoms with Crippen molar-refractivity contribution >= 4 is 50.6 Å². The number of hydrogen-bond acceptors (Lipinski definition) is 7. The molecule has 3 aromatic carbocycles. The molecule has 4 rings (SSSR count). The van der Waals surface area contributed by atoms with Crippen LogP contribution in [-0.2, 0) is 17.9 Å². The fraction of sp³-hybridized carbons (Fsp3) is 0.154. The first-order chi connectivity index (χ1) is 17.2. The number of ether oxygens (including phenoxy) is 2. The van der Waals surface area contributed by atoms with Gasteiger partial charge >= 0.3 is 0 Å². The van der Waals surface area contributed by atoms with E-state index in [0.29, 0.717) is 33.7 Å². The normalized spacial score (nSPS) is 14.4. The molecule has 0 N–H and O–H groups in total. The van der Waals surface area contributed by atoms with Gasteiger partial charge in [-0.25, -0.2) is 0 Å². The molecule has 0 aliphatic carbocycles. The van der Waals surface area contributed by atoms with Gasteiger partial charge in [-0.1, -0.05) is 42.0 Å². The summed E-state index contributed by atoms with van der Waals surface area (Å²) in [6.07, 6.45) is 1.62. The quantitative estimate of drug-likeness (QED) is 0.174. The van der Waals surface area contributed by atoms with E-state index >= 15 is 0 Å². The highest BCUT2D eigenvalue weighted by atomic mass is 79.9. The molecule has 1 heterocycles. The van der Waals surface area contributed by atoms with Crippen LogP contribution < -0.4 is 9.47 Å². The van der Waals surface area contributed by atoms with Gasteiger partial charge in [0.2, 0.25) is 0 Å². The van der Waals surface area contributed by atoms with E-state index in [9.17, 15) is 19.7 Å². The predicted molar refractivity (Wildman–Crippen MR) is 141 cm³/mol. The van der Waals surface area contributed by atoms with Gasteiger partial charge in [0.25, 0.3) is 16.8 Å². The molecular weight excluding hydrogens is 548 g/mol. The first-order valence-corrected chi connectivity index (χ1v) is 12.4. The highest BCUT2D eigenvalue weighted by Gasteiger charge is 2.35. The predicted octanol–water partition coefficient (Wildman–Crippen LogP) is 6.49. The number of hydrogen-bond donors (Lipinski definition) is 0. The molecule has 8 nitrogen and oxygen atoms in total. The van der Waals surface area contributed by atoms with E-state index in [1.807, 2.05) is 31.2 Å². The molecule has 36 heavy (non-hydrogen) atoms. The number of aryl methyl sites for hydroxylation is 1. The Morgan fingerprint density at radius 3 is 2.36 bits per heavy atom. The molecule has 0 saturated carbocycles. The number of thioether (sulfide) groups is 1. The Hall–Kier alpha value is -3.63. The van der Waals surface area contributed by atoms with Gasteiger partial charge < -0.3 is 9.47 Å². The van der Waals surface area contributed by atoms with Gasteiger partial charge in [-0.05, 0) is 69.5 Å². The molecule has 0 spiro atoms. The number of rotatable bonds is 8. The monoisotopic (exact) mass is 568 g/mol. The van der Waals surface area contributed by atoms with Crippen LogP contribution in [0.15, 0.2) is 70.0 Å². The number of benzene rings is 3. The van der Waals surface area contributed by atoms with Crippen LogP contribution in [-0.4, -0.2) is 28.1 Å². The summed E-state index contributed by atoms with van der Waals surface area (Å²) >= 11 is 4.36. The number of amides is 2. The number of halogens is 1. The fourth-order valence-electron chi connectivity index (χ4n) is 3.50. The molecule has 0 unspecified atom stereocenters. The van der Waals surface area contributed by atoms with Gasteiger partial charge in [-0.3, -0.25) is 24.6 Å². The Morgan fingerprint density at radius 1 is 1.06 bits per heavy atom. The van der Waals surface area contributed by atoms with Crippen LogP contribution in [0.2, 0.25) is 0 Å². The zero-order chi connectivity index (χ0) is 25.8. The van der Waals surface area contributed by atoms with Crippen molar-refractivity contribution in [3.05, 3.63) is 102 Å². The lowest BCUT2D eigenvalue weighted by Crippen LogP contribution is -2.27. The minimum atomic E-state index is -0.502. The smallest absolute Gasteiger partial charge is 0.293 e. The Balaban J connectivity index is 1.50. The Bertz CT molecular complexity index is 1360. The van der Waals surface area contributed by atoms with Crippen molar-refractivity contribution < 1.29 is 24.0 Å². The van der Waals surface area contributed by atoms with Gasteiger partial charge in [0.15, 0.2) is 11.5 Å². The molecule has 1 aliphatic heterocycles. The van der Waals surface area contributed by atoms with Crippen LogP contribution in [0, 0.1) is 17.0 Å². The van der Waals surface area contributed by atoms with Crippen molar-refractivity contribution in [3.8, 4) is 11.5 Å². The molecule has 0 atom stereocenters. The third kappa shape index (κ3) is 5.77. The molecule has 3 aromatic rings. The largest absolute Gasteiger partial charge is 0.493 e. The summed E-state index contributed by atoms with van der Waals surface area (Å²) in [6, 6.07) is 17.3.